The van der Waals surface area contributed by atoms with E-state index in [1.54, 1.807) is 0 Å². The minimum absolute atomic E-state index is 0.0594. The van der Waals surface area contributed by atoms with Crippen molar-refractivity contribution in [1.29, 1.82) is 0 Å². The van der Waals surface area contributed by atoms with Crippen molar-refractivity contribution in [1.82, 2.24) is 0 Å². The number of aliphatic hydroxyl groups is 1. The van der Waals surface area contributed by atoms with Crippen LogP contribution in [0, 0.1) is 0 Å². The maximum Gasteiger partial charge on any atom is 0.362 e. The number of rotatable bonds is 22. The lowest BCUT2D eigenvalue weighted by Gasteiger charge is -2.35. The summed E-state index contributed by atoms with van der Waals surface area (Å²) in [4.78, 5) is 19.2. The van der Waals surface area contributed by atoms with Crippen molar-refractivity contribution in [2.45, 2.75) is 128 Å². The SMILES string of the molecule is CCCCCCCCCC/C=C\CCCCCCCCCC(O)(C[N+](C)(C)C)P(=O)(O)O. The zero-order valence-corrected chi connectivity index (χ0v) is 22.6. The quantitative estimate of drug-likeness (QED) is 0.0670. The van der Waals surface area contributed by atoms with Gasteiger partial charge in [-0.25, -0.2) is 0 Å². The molecule has 0 aromatic rings. The number of unbranched alkanes of at least 4 members (excludes halogenated alkanes) is 15. The smallest absolute Gasteiger partial charge is 0.362 e. The Hall–Kier alpha value is -0.190. The van der Waals surface area contributed by atoms with Gasteiger partial charge in [0.05, 0.1) is 21.1 Å². The van der Waals surface area contributed by atoms with Crippen LogP contribution >= 0.6 is 7.60 Å². The average Bonchev–Trinajstić information content (AvgIpc) is 2.67. The van der Waals surface area contributed by atoms with Crippen molar-refractivity contribution in [2.75, 3.05) is 27.7 Å². The molecular formula is C26H55NO4P+. The zero-order valence-electron chi connectivity index (χ0n) is 21.7. The Balaban J connectivity index is 3.60. The number of quaternary nitrogens is 1. The van der Waals surface area contributed by atoms with Gasteiger partial charge < -0.3 is 19.4 Å². The second-order valence-corrected chi connectivity index (χ2v) is 12.6. The lowest BCUT2D eigenvalue weighted by molar-refractivity contribution is -0.875. The molecule has 0 aromatic carbocycles. The molecule has 1 atom stereocenters. The first-order valence-electron chi connectivity index (χ1n) is 13.3. The van der Waals surface area contributed by atoms with E-state index >= 15 is 0 Å². The molecule has 5 nitrogen and oxygen atoms in total. The van der Waals surface area contributed by atoms with E-state index in [-0.39, 0.29) is 13.0 Å². The normalized spacial score (nSPS) is 14.8. The summed E-state index contributed by atoms with van der Waals surface area (Å²) in [5, 5.41) is 8.63. The summed E-state index contributed by atoms with van der Waals surface area (Å²) in [6.45, 7) is 2.33. The number of likely N-dealkylation sites (N-methyl/N-ethyl adjacent to an activating group) is 1. The summed E-state index contributed by atoms with van der Waals surface area (Å²) in [6.07, 6.45) is 25.8. The Morgan fingerprint density at radius 1 is 0.688 bits per heavy atom. The van der Waals surface area contributed by atoms with Gasteiger partial charge in [0, 0.05) is 0 Å². The highest BCUT2D eigenvalue weighted by Crippen LogP contribution is 2.52. The predicted molar refractivity (Wildman–Crippen MR) is 138 cm³/mol. The minimum atomic E-state index is -4.54. The van der Waals surface area contributed by atoms with E-state index in [0.717, 1.165) is 19.3 Å². The van der Waals surface area contributed by atoms with Gasteiger partial charge in [0.15, 0.2) is 0 Å². The molecule has 192 valence electrons. The van der Waals surface area contributed by atoms with Crippen LogP contribution in [-0.4, -0.2) is 52.4 Å². The topological polar surface area (TPSA) is 77.8 Å². The van der Waals surface area contributed by atoms with Crippen molar-refractivity contribution in [3.8, 4) is 0 Å². The highest BCUT2D eigenvalue weighted by atomic mass is 31.2. The molecule has 3 N–H and O–H groups in total. The summed E-state index contributed by atoms with van der Waals surface area (Å²) in [5.74, 6) is 0. The van der Waals surface area contributed by atoms with Crippen LogP contribution in [0.15, 0.2) is 12.2 Å². The molecule has 1 unspecified atom stereocenters. The number of hydrogen-bond acceptors (Lipinski definition) is 2. The Morgan fingerprint density at radius 2 is 1.06 bits per heavy atom. The Bertz CT molecular complexity index is 512. The summed E-state index contributed by atoms with van der Waals surface area (Å²) >= 11 is 0. The van der Waals surface area contributed by atoms with E-state index < -0.39 is 12.9 Å². The van der Waals surface area contributed by atoms with Crippen LogP contribution in [0.5, 0.6) is 0 Å². The van der Waals surface area contributed by atoms with Crippen LogP contribution in [0.25, 0.3) is 0 Å². The van der Waals surface area contributed by atoms with Gasteiger partial charge >= 0.3 is 7.60 Å². The molecule has 0 spiro atoms. The van der Waals surface area contributed by atoms with Crippen LogP contribution in [0.1, 0.15) is 122 Å². The van der Waals surface area contributed by atoms with Gasteiger partial charge in [-0.3, -0.25) is 4.57 Å². The summed E-state index contributed by atoms with van der Waals surface area (Å²) in [7, 11) is 0.974. The zero-order chi connectivity index (χ0) is 24.3. The third kappa shape index (κ3) is 18.3. The maximum absolute atomic E-state index is 11.8. The van der Waals surface area contributed by atoms with Gasteiger partial charge in [0.25, 0.3) is 0 Å². The van der Waals surface area contributed by atoms with E-state index in [9.17, 15) is 19.5 Å². The van der Waals surface area contributed by atoms with Gasteiger partial charge in [-0.2, -0.15) is 0 Å². The lowest BCUT2D eigenvalue weighted by Crippen LogP contribution is -2.49. The molecule has 0 heterocycles. The molecule has 0 radical (unpaired) electrons. The molecule has 0 aromatic heterocycles. The highest BCUT2D eigenvalue weighted by molar-refractivity contribution is 7.53. The minimum Gasteiger partial charge on any atom is -0.373 e. The summed E-state index contributed by atoms with van der Waals surface area (Å²) in [5.41, 5.74) is 0. The lowest BCUT2D eigenvalue weighted by atomic mass is 10.0. The largest absolute Gasteiger partial charge is 0.373 e. The van der Waals surface area contributed by atoms with E-state index in [4.69, 9.17) is 0 Å². The van der Waals surface area contributed by atoms with Crippen molar-refractivity contribution >= 4 is 7.60 Å². The third-order valence-corrected chi connectivity index (χ3v) is 7.56. The van der Waals surface area contributed by atoms with Crippen molar-refractivity contribution in [2.24, 2.45) is 0 Å². The van der Waals surface area contributed by atoms with Crippen molar-refractivity contribution < 1.29 is 23.9 Å². The van der Waals surface area contributed by atoms with E-state index in [0.29, 0.717) is 10.9 Å². The number of nitrogens with zero attached hydrogens (tertiary/aromatic N) is 1. The Kier molecular flexibility index (Phi) is 18.1. The molecule has 0 fully saturated rings. The fourth-order valence-electron chi connectivity index (χ4n) is 4.26. The van der Waals surface area contributed by atoms with E-state index in [1.165, 1.54) is 83.5 Å². The number of hydrogen-bond donors (Lipinski definition) is 3. The van der Waals surface area contributed by atoms with Crippen LogP contribution in [0.4, 0.5) is 0 Å². The fraction of sp³-hybridized carbons (Fsp3) is 0.923. The second-order valence-electron chi connectivity index (χ2n) is 10.7. The predicted octanol–water partition coefficient (Wildman–Crippen LogP) is 7.16. The van der Waals surface area contributed by atoms with E-state index in [1.807, 2.05) is 21.1 Å². The highest BCUT2D eigenvalue weighted by Gasteiger charge is 2.48. The van der Waals surface area contributed by atoms with Crippen LogP contribution < -0.4 is 0 Å². The van der Waals surface area contributed by atoms with Gasteiger partial charge in [0.1, 0.15) is 6.54 Å². The monoisotopic (exact) mass is 476 g/mol. The first kappa shape index (κ1) is 31.8. The molecule has 6 heteroatoms. The van der Waals surface area contributed by atoms with Gasteiger partial charge in [-0.15, -0.1) is 0 Å². The first-order valence-corrected chi connectivity index (χ1v) is 14.9. The summed E-state index contributed by atoms with van der Waals surface area (Å²) < 4.78 is 12.1. The van der Waals surface area contributed by atoms with Gasteiger partial charge in [0.2, 0.25) is 5.34 Å². The first-order chi connectivity index (χ1) is 15.0. The molecule has 0 saturated heterocycles. The van der Waals surface area contributed by atoms with Crippen molar-refractivity contribution in [3.05, 3.63) is 12.2 Å². The molecule has 0 aliphatic rings. The standard InChI is InChI=1S/C26H54NO4P/c1-5-6-7-8-9-10-11-12-13-14-15-16-17-18-19-20-21-22-23-24-26(28,32(29,30)31)25-27(2,3)4/h14-15,28H,5-13,16-25H2,1-4H3,(H-,29,30,31)/p+1/b15-14-. The van der Waals surface area contributed by atoms with Crippen LogP contribution in [0.2, 0.25) is 0 Å². The van der Waals surface area contributed by atoms with Gasteiger partial charge in [-0.1, -0.05) is 96.1 Å². The Labute approximate surface area is 199 Å². The molecule has 0 rings (SSSR count). The molecular weight excluding hydrogens is 421 g/mol. The van der Waals surface area contributed by atoms with Crippen LogP contribution in [0.3, 0.4) is 0 Å². The summed E-state index contributed by atoms with van der Waals surface area (Å²) in [6, 6.07) is 0. The molecule has 0 bridgehead atoms. The number of allylic oxidation sites excluding steroid dienone is 2. The molecule has 32 heavy (non-hydrogen) atoms. The molecule has 0 saturated carbocycles. The third-order valence-electron chi connectivity index (χ3n) is 6.11. The Morgan fingerprint density at radius 3 is 1.44 bits per heavy atom. The van der Waals surface area contributed by atoms with E-state index in [2.05, 4.69) is 19.1 Å². The van der Waals surface area contributed by atoms with Crippen molar-refractivity contribution in [3.63, 3.8) is 0 Å². The molecule has 0 aliphatic heterocycles. The molecule has 0 aliphatic carbocycles. The fourth-order valence-corrected chi connectivity index (χ4v) is 5.32. The maximum atomic E-state index is 11.8. The second kappa shape index (κ2) is 18.2. The average molecular weight is 477 g/mol. The van der Waals surface area contributed by atoms with Crippen LogP contribution in [-0.2, 0) is 4.57 Å². The van der Waals surface area contributed by atoms with Gasteiger partial charge in [-0.05, 0) is 38.5 Å². The molecule has 0 amide bonds.